The zero-order chi connectivity index (χ0) is 16.4. The molecule has 1 atom stereocenters. The topological polar surface area (TPSA) is 33.2 Å². The number of likely N-dealkylation sites (tertiary alicyclic amines) is 1. The lowest BCUT2D eigenvalue weighted by molar-refractivity contribution is -0.130. The molecule has 1 fully saturated rings. The van der Waals surface area contributed by atoms with Crippen LogP contribution in [0.15, 0.2) is 24.4 Å². The molecule has 120 valence electrons. The van der Waals surface area contributed by atoms with Gasteiger partial charge in [0.2, 0.25) is 5.91 Å². The molecular weight excluding hydrogens is 279 g/mol. The minimum Gasteiger partial charge on any atom is -0.338 e. The van der Waals surface area contributed by atoms with E-state index in [1.165, 1.54) is 0 Å². The van der Waals surface area contributed by atoms with Gasteiger partial charge in [0.25, 0.3) is 0 Å². The molecule has 3 nitrogen and oxygen atoms in total. The number of hydrogen-bond acceptors (Lipinski definition) is 2. The van der Waals surface area contributed by atoms with Gasteiger partial charge in [0.05, 0.1) is 6.54 Å². The number of nitrogens with zero attached hydrogens (tertiary/aromatic N) is 2. The molecule has 1 aromatic rings. The Morgan fingerprint density at radius 2 is 2.23 bits per heavy atom. The van der Waals surface area contributed by atoms with Gasteiger partial charge in [0.15, 0.2) is 5.67 Å². The third-order valence-corrected chi connectivity index (χ3v) is 3.40. The van der Waals surface area contributed by atoms with Gasteiger partial charge in [-0.1, -0.05) is 39.2 Å². The van der Waals surface area contributed by atoms with Crippen LogP contribution in [0.3, 0.4) is 0 Å². The predicted octanol–water partition coefficient (Wildman–Crippen LogP) is 3.59. The summed E-state index contributed by atoms with van der Waals surface area (Å²) in [4.78, 5) is 17.5. The summed E-state index contributed by atoms with van der Waals surface area (Å²) < 4.78 is 14.5. The van der Waals surface area contributed by atoms with Crippen molar-refractivity contribution >= 4 is 5.91 Å². The minimum atomic E-state index is -1.60. The molecule has 2 heterocycles. The van der Waals surface area contributed by atoms with Crippen molar-refractivity contribution in [2.75, 3.05) is 13.1 Å². The second-order valence-electron chi connectivity index (χ2n) is 5.10. The van der Waals surface area contributed by atoms with E-state index in [0.29, 0.717) is 18.7 Å². The monoisotopic (exact) mass is 304 g/mol. The summed E-state index contributed by atoms with van der Waals surface area (Å²) in [5.41, 5.74) is -1.04. The van der Waals surface area contributed by atoms with Crippen LogP contribution in [0.2, 0.25) is 0 Å². The second kappa shape index (κ2) is 9.19. The van der Waals surface area contributed by atoms with Gasteiger partial charge in [-0.15, -0.1) is 0 Å². The van der Waals surface area contributed by atoms with Gasteiger partial charge in [-0.2, -0.15) is 0 Å². The van der Waals surface area contributed by atoms with E-state index in [1.807, 2.05) is 26.8 Å². The summed E-state index contributed by atoms with van der Waals surface area (Å²) in [5, 5.41) is 0. The average Bonchev–Trinajstić information content (AvgIpc) is 2.96. The molecule has 0 bridgehead atoms. The molecule has 0 saturated carbocycles. The second-order valence-corrected chi connectivity index (χ2v) is 5.10. The van der Waals surface area contributed by atoms with Crippen LogP contribution in [0, 0.1) is 11.8 Å². The van der Waals surface area contributed by atoms with Crippen LogP contribution in [0.4, 0.5) is 4.39 Å². The lowest BCUT2D eigenvalue weighted by Crippen LogP contribution is -2.32. The van der Waals surface area contributed by atoms with Crippen LogP contribution >= 0.6 is 0 Å². The zero-order valence-corrected chi connectivity index (χ0v) is 13.7. The third-order valence-electron chi connectivity index (χ3n) is 3.40. The molecule has 1 aromatic heterocycles. The maximum absolute atomic E-state index is 14.5. The lowest BCUT2D eigenvalue weighted by atomic mass is 10.1. The van der Waals surface area contributed by atoms with Crippen LogP contribution in [-0.2, 0) is 4.79 Å². The van der Waals surface area contributed by atoms with Crippen molar-refractivity contribution in [2.24, 2.45) is 0 Å². The highest BCUT2D eigenvalue weighted by Gasteiger charge is 2.38. The van der Waals surface area contributed by atoms with Gasteiger partial charge in [-0.05, 0) is 24.5 Å². The number of halogens is 1. The maximum atomic E-state index is 14.5. The Balaban J connectivity index is 0.00000116. The summed E-state index contributed by atoms with van der Waals surface area (Å²) in [5.74, 6) is 5.43. The van der Waals surface area contributed by atoms with Gasteiger partial charge in [-0.25, -0.2) is 9.37 Å². The van der Waals surface area contributed by atoms with Crippen molar-refractivity contribution in [3.63, 3.8) is 0 Å². The van der Waals surface area contributed by atoms with E-state index in [1.54, 1.807) is 23.2 Å². The average molecular weight is 304 g/mol. The Labute approximate surface area is 132 Å². The lowest BCUT2D eigenvalue weighted by Gasteiger charge is -2.16. The highest BCUT2D eigenvalue weighted by molar-refractivity contribution is 5.76. The van der Waals surface area contributed by atoms with Gasteiger partial charge >= 0.3 is 0 Å². The molecule has 2 rings (SSSR count). The quantitative estimate of drug-likeness (QED) is 0.800. The van der Waals surface area contributed by atoms with E-state index in [-0.39, 0.29) is 18.9 Å². The first-order chi connectivity index (χ1) is 10.6. The number of carbonyl (C=O) groups excluding carboxylic acids is 1. The molecule has 1 aliphatic heterocycles. The molecule has 4 heteroatoms. The molecule has 1 saturated heterocycles. The van der Waals surface area contributed by atoms with E-state index in [2.05, 4.69) is 16.8 Å². The predicted molar refractivity (Wildman–Crippen MR) is 87.0 cm³/mol. The maximum Gasteiger partial charge on any atom is 0.222 e. The largest absolute Gasteiger partial charge is 0.338 e. The molecule has 0 aliphatic carbocycles. The van der Waals surface area contributed by atoms with Crippen molar-refractivity contribution in [1.29, 1.82) is 0 Å². The standard InChI is InChI=1S/C16H19FN2O.C2H6/c1-2-3-7-15(20)19-12-10-16(17,13-19)9-8-14-6-4-5-11-18-14;1-2/h4-6,11H,2-3,7,10,12-13H2,1H3;1-2H3. The van der Waals surface area contributed by atoms with Crippen molar-refractivity contribution in [3.05, 3.63) is 30.1 Å². The van der Waals surface area contributed by atoms with Crippen molar-refractivity contribution in [2.45, 2.75) is 52.1 Å². The Morgan fingerprint density at radius 3 is 2.86 bits per heavy atom. The fraction of sp³-hybridized carbons (Fsp3) is 0.556. The highest BCUT2D eigenvalue weighted by atomic mass is 19.1. The van der Waals surface area contributed by atoms with Crippen molar-refractivity contribution in [1.82, 2.24) is 9.88 Å². The van der Waals surface area contributed by atoms with Crippen LogP contribution in [0.5, 0.6) is 0 Å². The SMILES string of the molecule is CC.CCCCC(=O)N1CCC(F)(C#Cc2ccccn2)C1. The molecular formula is C18H25FN2O. The molecule has 1 unspecified atom stereocenters. The summed E-state index contributed by atoms with van der Waals surface area (Å²) in [7, 11) is 0. The molecule has 1 aliphatic rings. The van der Waals surface area contributed by atoms with E-state index in [9.17, 15) is 9.18 Å². The summed E-state index contributed by atoms with van der Waals surface area (Å²) in [6.07, 6.45) is 4.24. The van der Waals surface area contributed by atoms with E-state index >= 15 is 0 Å². The van der Waals surface area contributed by atoms with Crippen LogP contribution < -0.4 is 0 Å². The molecule has 0 aromatic carbocycles. The molecule has 1 amide bonds. The van der Waals surface area contributed by atoms with E-state index < -0.39 is 5.67 Å². The number of alkyl halides is 1. The number of hydrogen-bond donors (Lipinski definition) is 0. The Hall–Kier alpha value is -1.89. The third kappa shape index (κ3) is 5.48. The number of unbranched alkanes of at least 4 members (excludes halogenated alkanes) is 1. The zero-order valence-electron chi connectivity index (χ0n) is 13.7. The highest BCUT2D eigenvalue weighted by Crippen LogP contribution is 2.25. The molecule has 0 N–H and O–H groups in total. The first-order valence-electron chi connectivity index (χ1n) is 8.04. The summed E-state index contributed by atoms with van der Waals surface area (Å²) in [6, 6.07) is 5.35. The minimum absolute atomic E-state index is 0.0333. The Bertz CT molecular complexity index is 521. The van der Waals surface area contributed by atoms with Crippen molar-refractivity contribution < 1.29 is 9.18 Å². The molecule has 22 heavy (non-hydrogen) atoms. The van der Waals surface area contributed by atoms with Crippen LogP contribution in [0.25, 0.3) is 0 Å². The summed E-state index contributed by atoms with van der Waals surface area (Å²) >= 11 is 0. The number of rotatable bonds is 3. The van der Waals surface area contributed by atoms with E-state index in [0.717, 1.165) is 12.8 Å². The number of aromatic nitrogens is 1. The van der Waals surface area contributed by atoms with Crippen LogP contribution in [0.1, 0.15) is 52.1 Å². The van der Waals surface area contributed by atoms with Gasteiger partial charge < -0.3 is 4.90 Å². The normalized spacial score (nSPS) is 19.7. The van der Waals surface area contributed by atoms with Gasteiger partial charge in [0, 0.05) is 25.6 Å². The molecule has 0 radical (unpaired) electrons. The molecule has 0 spiro atoms. The van der Waals surface area contributed by atoms with Gasteiger partial charge in [-0.3, -0.25) is 4.79 Å². The smallest absolute Gasteiger partial charge is 0.222 e. The number of pyridine rings is 1. The summed E-state index contributed by atoms with van der Waals surface area (Å²) in [6.45, 7) is 6.57. The Kier molecular flexibility index (Phi) is 7.59. The van der Waals surface area contributed by atoms with Crippen LogP contribution in [-0.4, -0.2) is 34.5 Å². The number of amides is 1. The van der Waals surface area contributed by atoms with E-state index in [4.69, 9.17) is 0 Å². The first-order valence-corrected chi connectivity index (χ1v) is 8.04. The fourth-order valence-corrected chi connectivity index (χ4v) is 2.19. The Morgan fingerprint density at radius 1 is 1.45 bits per heavy atom. The van der Waals surface area contributed by atoms with Crippen molar-refractivity contribution in [3.8, 4) is 11.8 Å². The van der Waals surface area contributed by atoms with Gasteiger partial charge in [0.1, 0.15) is 5.69 Å². The first kappa shape index (κ1) is 18.2. The fourth-order valence-electron chi connectivity index (χ4n) is 2.19. The number of carbonyl (C=O) groups is 1.